The lowest BCUT2D eigenvalue weighted by Gasteiger charge is -2.09. The number of rotatable bonds is 4. The van der Waals surface area contributed by atoms with Crippen LogP contribution in [-0.2, 0) is 0 Å². The lowest BCUT2D eigenvalue weighted by Crippen LogP contribution is -2.06. The minimum Gasteiger partial charge on any atom is -0.351 e. The molecule has 3 aromatic rings. The van der Waals surface area contributed by atoms with Crippen LogP contribution < -0.4 is 10.6 Å². The van der Waals surface area contributed by atoms with Gasteiger partial charge >= 0.3 is 0 Å². The molecule has 1 aliphatic rings. The van der Waals surface area contributed by atoms with Gasteiger partial charge in [0.05, 0.1) is 6.20 Å². The predicted octanol–water partition coefficient (Wildman–Crippen LogP) is 3.39. The number of fused-ring (bicyclic) bond motifs is 1. The van der Waals surface area contributed by atoms with E-state index in [9.17, 15) is 0 Å². The molecule has 1 fully saturated rings. The summed E-state index contributed by atoms with van der Waals surface area (Å²) in [4.78, 5) is 17.3. The molecule has 1 aromatic carbocycles. The summed E-state index contributed by atoms with van der Waals surface area (Å²) in [5.41, 5.74) is 2.23. The van der Waals surface area contributed by atoms with Gasteiger partial charge in [-0.2, -0.15) is 0 Å². The monoisotopic (exact) mass is 312 g/mol. The van der Waals surface area contributed by atoms with E-state index in [1.165, 1.54) is 19.2 Å². The SMILES string of the molecule is Clc1cccc(Nc2ncnc3cnc(NC4CC4)nc23)c1. The normalized spacial score (nSPS) is 14.0. The van der Waals surface area contributed by atoms with Gasteiger partial charge in [0.15, 0.2) is 5.82 Å². The first kappa shape index (κ1) is 13.2. The molecule has 0 unspecified atom stereocenters. The highest BCUT2D eigenvalue weighted by atomic mass is 35.5. The lowest BCUT2D eigenvalue weighted by atomic mass is 10.3. The average Bonchev–Trinajstić information content (AvgIpc) is 3.32. The van der Waals surface area contributed by atoms with Crippen LogP contribution >= 0.6 is 11.6 Å². The Hall–Kier alpha value is -2.47. The smallest absolute Gasteiger partial charge is 0.223 e. The summed E-state index contributed by atoms with van der Waals surface area (Å²) < 4.78 is 0. The van der Waals surface area contributed by atoms with Gasteiger partial charge in [0.25, 0.3) is 0 Å². The fourth-order valence-corrected chi connectivity index (χ4v) is 2.32. The second kappa shape index (κ2) is 5.38. The number of aromatic nitrogens is 4. The zero-order valence-electron chi connectivity index (χ0n) is 11.6. The molecule has 7 heteroatoms. The van der Waals surface area contributed by atoms with Gasteiger partial charge < -0.3 is 10.6 Å². The molecule has 2 heterocycles. The first-order chi connectivity index (χ1) is 10.8. The van der Waals surface area contributed by atoms with E-state index in [1.807, 2.05) is 24.3 Å². The maximum Gasteiger partial charge on any atom is 0.223 e. The van der Waals surface area contributed by atoms with Crippen molar-refractivity contribution >= 4 is 40.1 Å². The van der Waals surface area contributed by atoms with Crippen LogP contribution in [0, 0.1) is 0 Å². The van der Waals surface area contributed by atoms with E-state index >= 15 is 0 Å². The maximum absolute atomic E-state index is 6.01. The molecular weight excluding hydrogens is 300 g/mol. The molecule has 0 radical (unpaired) electrons. The standard InChI is InChI=1S/C15H13ClN6/c16-9-2-1-3-11(6-9)20-14-13-12(18-8-19-14)7-17-15(22-13)21-10-4-5-10/h1-3,6-8,10H,4-5H2,(H,17,21,22)(H,18,19,20). The van der Waals surface area contributed by atoms with E-state index in [2.05, 4.69) is 30.6 Å². The molecule has 0 saturated heterocycles. The van der Waals surface area contributed by atoms with Crippen molar-refractivity contribution in [2.75, 3.05) is 10.6 Å². The number of nitrogens with zero attached hydrogens (tertiary/aromatic N) is 4. The Morgan fingerprint density at radius 2 is 2.05 bits per heavy atom. The van der Waals surface area contributed by atoms with Crippen LogP contribution in [0.15, 0.2) is 36.8 Å². The lowest BCUT2D eigenvalue weighted by molar-refractivity contribution is 1.06. The van der Waals surface area contributed by atoms with Gasteiger partial charge in [0, 0.05) is 16.8 Å². The van der Waals surface area contributed by atoms with Crippen LogP contribution in [-0.4, -0.2) is 26.0 Å². The quantitative estimate of drug-likeness (QED) is 0.769. The Morgan fingerprint density at radius 3 is 2.86 bits per heavy atom. The van der Waals surface area contributed by atoms with Crippen molar-refractivity contribution in [2.24, 2.45) is 0 Å². The molecule has 2 aromatic heterocycles. The zero-order valence-corrected chi connectivity index (χ0v) is 12.4. The van der Waals surface area contributed by atoms with E-state index in [0.717, 1.165) is 5.69 Å². The molecule has 0 aliphatic heterocycles. The Morgan fingerprint density at radius 1 is 1.14 bits per heavy atom. The third-order valence-electron chi connectivity index (χ3n) is 3.38. The van der Waals surface area contributed by atoms with E-state index in [-0.39, 0.29) is 0 Å². The van der Waals surface area contributed by atoms with Gasteiger partial charge in [-0.15, -0.1) is 0 Å². The first-order valence-electron chi connectivity index (χ1n) is 7.05. The molecule has 1 saturated carbocycles. The number of halogens is 1. The second-order valence-electron chi connectivity index (χ2n) is 5.20. The second-order valence-corrected chi connectivity index (χ2v) is 5.64. The number of nitrogens with one attached hydrogen (secondary N) is 2. The van der Waals surface area contributed by atoms with E-state index in [0.29, 0.717) is 33.9 Å². The Balaban J connectivity index is 1.72. The maximum atomic E-state index is 6.01. The first-order valence-corrected chi connectivity index (χ1v) is 7.42. The molecule has 1 aliphatic carbocycles. The summed E-state index contributed by atoms with van der Waals surface area (Å²) in [6.07, 6.45) is 5.53. The topological polar surface area (TPSA) is 75.6 Å². The van der Waals surface area contributed by atoms with Crippen LogP contribution in [0.25, 0.3) is 11.0 Å². The summed E-state index contributed by atoms with van der Waals surface area (Å²) in [5.74, 6) is 1.24. The van der Waals surface area contributed by atoms with Gasteiger partial charge in [0.2, 0.25) is 5.95 Å². The van der Waals surface area contributed by atoms with Crippen molar-refractivity contribution in [1.29, 1.82) is 0 Å². The molecule has 0 atom stereocenters. The largest absolute Gasteiger partial charge is 0.351 e. The zero-order chi connectivity index (χ0) is 14.9. The molecule has 4 rings (SSSR count). The molecular formula is C15H13ClN6. The van der Waals surface area contributed by atoms with Crippen molar-refractivity contribution in [3.8, 4) is 0 Å². The summed E-state index contributed by atoms with van der Waals surface area (Å²) in [6.45, 7) is 0. The predicted molar refractivity (Wildman–Crippen MR) is 86.5 cm³/mol. The minimum atomic E-state index is 0.492. The molecule has 0 amide bonds. The summed E-state index contributed by atoms with van der Waals surface area (Å²) in [6, 6.07) is 7.95. The Labute approximate surface area is 132 Å². The molecule has 0 spiro atoms. The van der Waals surface area contributed by atoms with Crippen molar-refractivity contribution in [1.82, 2.24) is 19.9 Å². The summed E-state index contributed by atoms with van der Waals surface area (Å²) in [7, 11) is 0. The van der Waals surface area contributed by atoms with Crippen LogP contribution in [0.4, 0.5) is 17.5 Å². The molecule has 6 nitrogen and oxygen atoms in total. The van der Waals surface area contributed by atoms with Crippen molar-refractivity contribution in [2.45, 2.75) is 18.9 Å². The number of benzene rings is 1. The summed E-state index contributed by atoms with van der Waals surface area (Å²) in [5, 5.41) is 7.17. The number of hydrogen-bond donors (Lipinski definition) is 2. The van der Waals surface area contributed by atoms with Crippen LogP contribution in [0.3, 0.4) is 0 Å². The van der Waals surface area contributed by atoms with Crippen LogP contribution in [0.2, 0.25) is 5.02 Å². The van der Waals surface area contributed by atoms with Crippen molar-refractivity contribution in [3.63, 3.8) is 0 Å². The average molecular weight is 313 g/mol. The molecule has 2 N–H and O–H groups in total. The molecule has 22 heavy (non-hydrogen) atoms. The fourth-order valence-electron chi connectivity index (χ4n) is 2.13. The number of anilines is 3. The third-order valence-corrected chi connectivity index (χ3v) is 3.61. The highest BCUT2D eigenvalue weighted by Crippen LogP contribution is 2.26. The van der Waals surface area contributed by atoms with E-state index in [4.69, 9.17) is 11.6 Å². The number of hydrogen-bond acceptors (Lipinski definition) is 6. The molecule has 110 valence electrons. The van der Waals surface area contributed by atoms with Gasteiger partial charge in [0.1, 0.15) is 17.4 Å². The molecule has 0 bridgehead atoms. The van der Waals surface area contributed by atoms with Crippen molar-refractivity contribution in [3.05, 3.63) is 41.8 Å². The Kier molecular flexibility index (Phi) is 3.23. The van der Waals surface area contributed by atoms with E-state index in [1.54, 1.807) is 6.20 Å². The van der Waals surface area contributed by atoms with E-state index < -0.39 is 0 Å². The van der Waals surface area contributed by atoms with Gasteiger partial charge in [-0.25, -0.2) is 19.9 Å². The minimum absolute atomic E-state index is 0.492. The van der Waals surface area contributed by atoms with Crippen LogP contribution in [0.5, 0.6) is 0 Å². The third kappa shape index (κ3) is 2.78. The van der Waals surface area contributed by atoms with Crippen LogP contribution in [0.1, 0.15) is 12.8 Å². The fraction of sp³-hybridized carbons (Fsp3) is 0.200. The van der Waals surface area contributed by atoms with Crippen molar-refractivity contribution < 1.29 is 0 Å². The highest BCUT2D eigenvalue weighted by molar-refractivity contribution is 6.30. The highest BCUT2D eigenvalue weighted by Gasteiger charge is 2.22. The Bertz CT molecular complexity index is 833. The van der Waals surface area contributed by atoms with Gasteiger partial charge in [-0.3, -0.25) is 0 Å². The van der Waals surface area contributed by atoms with Gasteiger partial charge in [-0.1, -0.05) is 17.7 Å². The van der Waals surface area contributed by atoms with Gasteiger partial charge in [-0.05, 0) is 31.0 Å². The summed E-state index contributed by atoms with van der Waals surface area (Å²) >= 11 is 6.01.